The van der Waals surface area contributed by atoms with Crippen LogP contribution in [0.1, 0.15) is 32.5 Å². The summed E-state index contributed by atoms with van der Waals surface area (Å²) in [6, 6.07) is 0. The number of hydrogen-bond acceptors (Lipinski definition) is 3. The van der Waals surface area contributed by atoms with E-state index in [0.717, 1.165) is 38.0 Å². The Morgan fingerprint density at radius 2 is 2.22 bits per heavy atom. The van der Waals surface area contributed by atoms with Crippen LogP contribution in [0.3, 0.4) is 0 Å². The van der Waals surface area contributed by atoms with Gasteiger partial charge in [0.25, 0.3) is 0 Å². The van der Waals surface area contributed by atoms with Crippen LogP contribution in [-0.2, 0) is 13.1 Å². The largest absolute Gasteiger partial charge is 0.333 e. The predicted octanol–water partition coefficient (Wildman–Crippen LogP) is 1.46. The molecule has 0 bridgehead atoms. The first-order valence-corrected chi connectivity index (χ1v) is 7.10. The van der Waals surface area contributed by atoms with Crippen LogP contribution in [0.4, 0.5) is 0 Å². The van der Waals surface area contributed by atoms with Crippen molar-refractivity contribution in [1.29, 1.82) is 0 Å². The number of imidazole rings is 1. The van der Waals surface area contributed by atoms with Crippen LogP contribution in [-0.4, -0.2) is 33.1 Å². The van der Waals surface area contributed by atoms with Gasteiger partial charge in [0.2, 0.25) is 0 Å². The standard InChI is InChI=1S/C14H24N4/c1-11(2)12-7-14(8-12,10-15)18-6-5-17-4-3-16-13(17)9-18/h3-4,11-12H,5-10,15H2,1-2H3. The van der Waals surface area contributed by atoms with E-state index < -0.39 is 0 Å². The van der Waals surface area contributed by atoms with E-state index in [1.54, 1.807) is 0 Å². The Morgan fingerprint density at radius 1 is 1.44 bits per heavy atom. The van der Waals surface area contributed by atoms with Gasteiger partial charge < -0.3 is 10.3 Å². The van der Waals surface area contributed by atoms with Crippen molar-refractivity contribution in [2.75, 3.05) is 13.1 Å². The van der Waals surface area contributed by atoms with E-state index in [1.165, 1.54) is 18.7 Å². The fraction of sp³-hybridized carbons (Fsp3) is 0.786. The van der Waals surface area contributed by atoms with Crippen molar-refractivity contribution in [2.24, 2.45) is 17.6 Å². The average Bonchev–Trinajstić information content (AvgIpc) is 2.75. The topological polar surface area (TPSA) is 47.1 Å². The molecule has 1 aromatic heterocycles. The van der Waals surface area contributed by atoms with Crippen molar-refractivity contribution in [3.8, 4) is 0 Å². The Morgan fingerprint density at radius 3 is 2.89 bits per heavy atom. The molecule has 2 N–H and O–H groups in total. The summed E-state index contributed by atoms with van der Waals surface area (Å²) in [5.74, 6) is 2.84. The molecule has 1 saturated carbocycles. The summed E-state index contributed by atoms with van der Waals surface area (Å²) >= 11 is 0. The lowest BCUT2D eigenvalue weighted by molar-refractivity contribution is -0.0502. The fourth-order valence-corrected chi connectivity index (χ4v) is 3.52. The Hall–Kier alpha value is -0.870. The van der Waals surface area contributed by atoms with Crippen LogP contribution in [0.15, 0.2) is 12.4 Å². The highest BCUT2D eigenvalue weighted by atomic mass is 15.3. The van der Waals surface area contributed by atoms with Gasteiger partial charge in [0.05, 0.1) is 6.54 Å². The lowest BCUT2D eigenvalue weighted by Gasteiger charge is -2.56. The van der Waals surface area contributed by atoms with Gasteiger partial charge in [-0.05, 0) is 24.7 Å². The summed E-state index contributed by atoms with van der Waals surface area (Å²) < 4.78 is 2.26. The number of fused-ring (bicyclic) bond motifs is 1. The monoisotopic (exact) mass is 248 g/mol. The normalized spacial score (nSPS) is 32.3. The number of nitrogens with zero attached hydrogens (tertiary/aromatic N) is 3. The van der Waals surface area contributed by atoms with Gasteiger partial charge in [0, 0.05) is 37.6 Å². The quantitative estimate of drug-likeness (QED) is 0.881. The third-order valence-electron chi connectivity index (χ3n) is 5.02. The lowest BCUT2D eigenvalue weighted by Crippen LogP contribution is -2.63. The van der Waals surface area contributed by atoms with Crippen molar-refractivity contribution in [3.63, 3.8) is 0 Å². The van der Waals surface area contributed by atoms with E-state index in [1.807, 2.05) is 6.20 Å². The fourth-order valence-electron chi connectivity index (χ4n) is 3.52. The third-order valence-corrected chi connectivity index (χ3v) is 5.02. The minimum absolute atomic E-state index is 0.256. The summed E-state index contributed by atoms with van der Waals surface area (Å²) in [7, 11) is 0. The molecule has 2 aliphatic rings. The zero-order valence-corrected chi connectivity index (χ0v) is 11.5. The van der Waals surface area contributed by atoms with Crippen LogP contribution < -0.4 is 5.73 Å². The van der Waals surface area contributed by atoms with E-state index in [4.69, 9.17) is 5.73 Å². The van der Waals surface area contributed by atoms with Crippen molar-refractivity contribution in [2.45, 2.75) is 45.3 Å². The average molecular weight is 248 g/mol. The van der Waals surface area contributed by atoms with E-state index in [9.17, 15) is 0 Å². The minimum Gasteiger partial charge on any atom is -0.333 e. The van der Waals surface area contributed by atoms with Crippen LogP contribution in [0.25, 0.3) is 0 Å². The molecule has 0 spiro atoms. The Balaban J connectivity index is 1.72. The molecular weight excluding hydrogens is 224 g/mol. The number of aromatic nitrogens is 2. The second-order valence-corrected chi connectivity index (χ2v) is 6.30. The first-order valence-electron chi connectivity index (χ1n) is 7.10. The molecule has 18 heavy (non-hydrogen) atoms. The van der Waals surface area contributed by atoms with Crippen molar-refractivity contribution >= 4 is 0 Å². The molecule has 0 aromatic carbocycles. The third kappa shape index (κ3) is 1.79. The smallest absolute Gasteiger partial charge is 0.122 e. The first kappa shape index (κ1) is 12.2. The van der Waals surface area contributed by atoms with Crippen LogP contribution in [0.2, 0.25) is 0 Å². The molecule has 2 heterocycles. The minimum atomic E-state index is 0.256. The maximum absolute atomic E-state index is 6.09. The molecule has 4 heteroatoms. The van der Waals surface area contributed by atoms with Gasteiger partial charge in [-0.1, -0.05) is 13.8 Å². The molecule has 1 aliphatic heterocycles. The second-order valence-electron chi connectivity index (χ2n) is 6.30. The molecule has 100 valence electrons. The second kappa shape index (κ2) is 4.35. The lowest BCUT2D eigenvalue weighted by atomic mass is 9.63. The van der Waals surface area contributed by atoms with Crippen molar-refractivity contribution in [1.82, 2.24) is 14.5 Å². The number of nitrogens with two attached hydrogens (primary N) is 1. The van der Waals surface area contributed by atoms with Crippen molar-refractivity contribution < 1.29 is 0 Å². The Bertz CT molecular complexity index is 417. The van der Waals surface area contributed by atoms with Gasteiger partial charge in [-0.2, -0.15) is 0 Å². The molecule has 1 aliphatic carbocycles. The number of rotatable bonds is 3. The van der Waals surface area contributed by atoms with Gasteiger partial charge in [0.1, 0.15) is 5.82 Å². The summed E-state index contributed by atoms with van der Waals surface area (Å²) in [4.78, 5) is 7.03. The van der Waals surface area contributed by atoms with E-state index >= 15 is 0 Å². The molecule has 0 saturated heterocycles. The molecule has 1 aromatic rings. The molecule has 3 rings (SSSR count). The molecule has 0 amide bonds. The number of hydrogen-bond donors (Lipinski definition) is 1. The van der Waals surface area contributed by atoms with Gasteiger partial charge in [0.15, 0.2) is 0 Å². The van der Waals surface area contributed by atoms with Gasteiger partial charge in [-0.15, -0.1) is 0 Å². The highest BCUT2D eigenvalue weighted by Crippen LogP contribution is 2.46. The van der Waals surface area contributed by atoms with Gasteiger partial charge >= 0.3 is 0 Å². The maximum atomic E-state index is 6.09. The summed E-state index contributed by atoms with van der Waals surface area (Å²) in [5.41, 5.74) is 6.34. The maximum Gasteiger partial charge on any atom is 0.122 e. The summed E-state index contributed by atoms with van der Waals surface area (Å²) in [6.07, 6.45) is 6.52. The molecule has 0 radical (unpaired) electrons. The summed E-state index contributed by atoms with van der Waals surface area (Å²) in [5, 5.41) is 0. The van der Waals surface area contributed by atoms with E-state index in [2.05, 4.69) is 34.5 Å². The molecule has 0 unspecified atom stereocenters. The summed E-state index contributed by atoms with van der Waals surface area (Å²) in [6.45, 7) is 8.59. The van der Waals surface area contributed by atoms with Crippen LogP contribution >= 0.6 is 0 Å². The van der Waals surface area contributed by atoms with E-state index in [0.29, 0.717) is 0 Å². The van der Waals surface area contributed by atoms with Crippen LogP contribution in [0.5, 0.6) is 0 Å². The van der Waals surface area contributed by atoms with E-state index in [-0.39, 0.29) is 5.54 Å². The zero-order valence-electron chi connectivity index (χ0n) is 11.5. The highest BCUT2D eigenvalue weighted by molar-refractivity contribution is 5.07. The molecule has 4 nitrogen and oxygen atoms in total. The van der Waals surface area contributed by atoms with Gasteiger partial charge in [-0.25, -0.2) is 4.98 Å². The molecular formula is C14H24N4. The highest BCUT2D eigenvalue weighted by Gasteiger charge is 2.48. The van der Waals surface area contributed by atoms with Gasteiger partial charge in [-0.3, -0.25) is 4.90 Å². The SMILES string of the molecule is CC(C)C1CC(CN)(N2CCn3ccnc3C2)C1. The Kier molecular flexibility index (Phi) is 2.94. The zero-order chi connectivity index (χ0) is 12.8. The predicted molar refractivity (Wildman–Crippen MR) is 72.0 cm³/mol. The molecule has 0 atom stereocenters. The van der Waals surface area contributed by atoms with Crippen LogP contribution in [0, 0.1) is 11.8 Å². The Labute approximate surface area is 109 Å². The molecule has 1 fully saturated rings. The first-order chi connectivity index (χ1) is 8.64. The van der Waals surface area contributed by atoms with Crippen molar-refractivity contribution in [3.05, 3.63) is 18.2 Å².